The van der Waals surface area contributed by atoms with Crippen molar-refractivity contribution in [1.82, 2.24) is 42.1 Å². The van der Waals surface area contributed by atoms with E-state index in [1.807, 2.05) is 0 Å². The minimum Gasteiger partial charge on any atom is -0.508 e. The second kappa shape index (κ2) is 29.8. The minimum absolute atomic E-state index is 0.0492. The fourth-order valence-electron chi connectivity index (χ4n) is 11.8. The standard InChI is InChI=1S/C67H75Cl2N9O23/c1-25(2)15-37(78(6)66(96)101-67(3,4)5)59(90)76-50-52(84)27-8-13-40(34(68)17-27)97-42-19-29-20-43(57(42)100-65-56(88)55(87)54(86)44(24-79)99-65)98-41-14-9-28(18-35(41)69)53(85)51-64(95)75-49(62(93)71-30-10-11-30)33-21-31(80)22-39(82)46(33)32-16-26(7-12-38(32)81)47(60(91)77-51)74-61(92)48(29)73-58(89)36(23-45(70)83)72-63(50)94/h7-9,12-14,16-22,25,30,36-37,44,47-56,65,79-82,84-88H,10-11,15,23-24H2,1-6H3,(H2,70,83)(H,71,93)(H,72,94)(H,73,89)(H,74,92)(H,75,95)(H,76,90)(H,77,91)/t36-,37+,44+,47+,48+,49-,50+,51-,52+,53+,54+,55-,56+,65-/m0/s1. The maximum absolute atomic E-state index is 16.0. The lowest BCUT2D eigenvalue weighted by Crippen LogP contribution is -2.60. The van der Waals surface area contributed by atoms with Crippen LogP contribution in [0.2, 0.25) is 10.0 Å². The highest BCUT2D eigenvalue weighted by Gasteiger charge is 2.47. The molecule has 0 radical (unpaired) electrons. The van der Waals surface area contributed by atoms with E-state index in [4.69, 9.17) is 52.6 Å². The number of likely N-dealkylation sites (N-methyl/N-ethyl adjacent to an activating group) is 1. The smallest absolute Gasteiger partial charge is 0.410 e. The summed E-state index contributed by atoms with van der Waals surface area (Å²) < 4.78 is 30.6. The summed E-state index contributed by atoms with van der Waals surface area (Å²) in [6.45, 7) is 7.28. The molecule has 2 fully saturated rings. The number of ether oxygens (including phenoxy) is 5. The summed E-state index contributed by atoms with van der Waals surface area (Å²) in [6, 6.07) is -0.794. The van der Waals surface area contributed by atoms with E-state index in [0.29, 0.717) is 12.8 Å². The van der Waals surface area contributed by atoms with Gasteiger partial charge in [0.05, 0.1) is 23.1 Å². The molecule has 1 saturated carbocycles. The zero-order chi connectivity index (χ0) is 73.5. The number of rotatable bonds is 12. The van der Waals surface area contributed by atoms with Gasteiger partial charge in [0.25, 0.3) is 0 Å². The molecule has 1 saturated heterocycles. The first-order valence-corrected chi connectivity index (χ1v) is 32.6. The van der Waals surface area contributed by atoms with Crippen molar-refractivity contribution >= 4 is 76.6 Å². The fourth-order valence-corrected chi connectivity index (χ4v) is 12.2. The normalized spacial score (nSPS) is 25.6. The number of halogens is 2. The van der Waals surface area contributed by atoms with Crippen LogP contribution in [0.15, 0.2) is 78.9 Å². The van der Waals surface area contributed by atoms with Gasteiger partial charge in [0.2, 0.25) is 59.3 Å². The van der Waals surface area contributed by atoms with Crippen molar-refractivity contribution in [3.63, 3.8) is 0 Å². The highest BCUT2D eigenvalue weighted by molar-refractivity contribution is 6.32. The quantitative estimate of drug-likeness (QED) is 0.0845. The van der Waals surface area contributed by atoms with Gasteiger partial charge < -0.3 is 113 Å². The van der Waals surface area contributed by atoms with Gasteiger partial charge in [0, 0.05) is 30.3 Å². The van der Waals surface area contributed by atoms with Crippen molar-refractivity contribution in [1.29, 1.82) is 0 Å². The van der Waals surface area contributed by atoms with Gasteiger partial charge in [-0.1, -0.05) is 55.2 Å². The largest absolute Gasteiger partial charge is 0.508 e. The number of carbonyl (C=O) groups excluding carboxylic acids is 9. The summed E-state index contributed by atoms with van der Waals surface area (Å²) in [5, 5.41) is 120. The zero-order valence-corrected chi connectivity index (χ0v) is 56.3. The summed E-state index contributed by atoms with van der Waals surface area (Å²) in [5.74, 6) is -15.2. The highest BCUT2D eigenvalue weighted by atomic mass is 35.5. The molecule has 1 aliphatic carbocycles. The second-order valence-electron chi connectivity index (χ2n) is 26.4. The minimum atomic E-state index is -2.34. The number of nitrogens with one attached hydrogen (secondary N) is 7. The molecule has 5 aromatic rings. The number of aliphatic hydroxyl groups is 6. The Hall–Kier alpha value is -9.77. The van der Waals surface area contributed by atoms with E-state index in [9.17, 15) is 65.1 Å². The van der Waals surface area contributed by atoms with Crippen molar-refractivity contribution in [2.75, 3.05) is 13.7 Å². The number of aliphatic hydroxyl groups excluding tert-OH is 6. The summed E-state index contributed by atoms with van der Waals surface area (Å²) in [5.41, 5.74) is 2.39. The molecule has 6 heterocycles. The van der Waals surface area contributed by atoms with Crippen molar-refractivity contribution in [2.24, 2.45) is 11.7 Å². The molecule has 101 heavy (non-hydrogen) atoms. The average molecular weight is 1450 g/mol. The van der Waals surface area contributed by atoms with Crippen LogP contribution in [-0.4, -0.2) is 184 Å². The van der Waals surface area contributed by atoms with Gasteiger partial charge in [-0.2, -0.15) is 0 Å². The Morgan fingerprint density at radius 1 is 0.673 bits per heavy atom. The van der Waals surface area contributed by atoms with Crippen LogP contribution in [0.3, 0.4) is 0 Å². The van der Waals surface area contributed by atoms with Crippen LogP contribution in [0.25, 0.3) is 11.1 Å². The van der Waals surface area contributed by atoms with E-state index in [0.717, 1.165) is 71.6 Å². The third kappa shape index (κ3) is 16.4. The molecular weight excluding hydrogens is 1370 g/mol. The Labute approximate surface area is 585 Å². The molecule has 32 nitrogen and oxygen atoms in total. The van der Waals surface area contributed by atoms with Crippen LogP contribution in [0.5, 0.6) is 46.0 Å². The van der Waals surface area contributed by atoms with Crippen molar-refractivity contribution in [3.8, 4) is 57.1 Å². The van der Waals surface area contributed by atoms with Crippen molar-refractivity contribution < 1.29 is 113 Å². The molecule has 5 aromatic carbocycles. The number of phenols is 3. The topological polar surface area (TPSA) is 495 Å². The van der Waals surface area contributed by atoms with Gasteiger partial charge in [-0.05, 0) is 128 Å². The Bertz CT molecular complexity index is 4110. The van der Waals surface area contributed by atoms with Gasteiger partial charge >= 0.3 is 6.09 Å². The van der Waals surface area contributed by atoms with Gasteiger partial charge in [0.1, 0.15) is 113 Å². The monoisotopic (exact) mass is 1440 g/mol. The molecule has 540 valence electrons. The number of fused-ring (bicyclic) bond motifs is 15. The van der Waals surface area contributed by atoms with Crippen LogP contribution < -0.4 is 57.2 Å². The number of aromatic hydroxyl groups is 3. The maximum atomic E-state index is 16.0. The molecule has 0 aromatic heterocycles. The van der Waals surface area contributed by atoms with Crippen LogP contribution in [0, 0.1) is 5.92 Å². The summed E-state index contributed by atoms with van der Waals surface area (Å²) in [4.78, 5) is 134. The molecular formula is C67H75Cl2N9O23. The Morgan fingerprint density at radius 3 is 1.85 bits per heavy atom. The Balaban J connectivity index is 1.20. The summed E-state index contributed by atoms with van der Waals surface area (Å²) >= 11 is 14.0. The van der Waals surface area contributed by atoms with Crippen LogP contribution in [-0.2, 0) is 47.8 Å². The number of benzene rings is 5. The SMILES string of the molecule is CC(C)C[C@H](C(=O)N[C@H]1C(=O)N[C@@H](CC(N)=O)C(=O)N[C@H]2C(=O)N[C@H]3C(=O)N[C@H](C(=O)N[C@H](C(=O)NC4CC4)c4cc(O)cc(O)c4-c4cc3ccc4O)[C@H](O)c3ccc(c(Cl)c3)Oc3cc2cc(c3O[C@@H]2O[C@H](CO)[C@@H](O)[C@H](O)[C@H]2O)Oc2ccc(cc2Cl)[C@H]1O)N(C)C(=O)OC(C)(C)C. The number of carbonyl (C=O) groups is 9. The number of amides is 9. The van der Waals surface area contributed by atoms with Gasteiger partial charge in [-0.25, -0.2) is 4.79 Å². The van der Waals surface area contributed by atoms with Crippen LogP contribution >= 0.6 is 23.2 Å². The van der Waals surface area contributed by atoms with E-state index in [1.165, 1.54) is 19.2 Å². The lowest BCUT2D eigenvalue weighted by molar-refractivity contribution is -0.277. The molecule has 12 rings (SSSR count). The zero-order valence-electron chi connectivity index (χ0n) is 54.8. The third-order valence-corrected chi connectivity index (χ3v) is 17.7. The second-order valence-corrected chi connectivity index (χ2v) is 27.2. The number of primary amides is 1. The van der Waals surface area contributed by atoms with Gasteiger partial charge in [-0.3, -0.25) is 43.3 Å². The molecule has 34 heteroatoms. The molecule has 18 N–H and O–H groups in total. The number of hydrogen-bond donors (Lipinski definition) is 17. The number of nitrogens with zero attached hydrogens (tertiary/aromatic N) is 1. The predicted octanol–water partition coefficient (Wildman–Crippen LogP) is 1.71. The molecule has 6 aliphatic heterocycles. The number of hydrogen-bond acceptors (Lipinski definition) is 23. The third-order valence-electron chi connectivity index (χ3n) is 17.1. The van der Waals surface area contributed by atoms with Gasteiger partial charge in [-0.15, -0.1) is 0 Å². The lowest BCUT2D eigenvalue weighted by Gasteiger charge is -2.39. The molecule has 7 aliphatic rings. The van der Waals surface area contributed by atoms with Gasteiger partial charge in [0.15, 0.2) is 11.5 Å². The van der Waals surface area contributed by atoms with E-state index in [-0.39, 0.29) is 57.7 Å². The first-order chi connectivity index (χ1) is 47.6. The number of nitrogens with two attached hydrogens (primary N) is 1. The summed E-state index contributed by atoms with van der Waals surface area (Å²) in [7, 11) is 1.27. The molecule has 11 bridgehead atoms. The molecule has 0 unspecified atom stereocenters. The fraction of sp³-hybridized carbons (Fsp3) is 0.418. The Kier molecular flexibility index (Phi) is 21.8. The molecule has 0 spiro atoms. The first kappa shape index (κ1) is 73.9. The lowest BCUT2D eigenvalue weighted by atomic mass is 9.89. The van der Waals surface area contributed by atoms with E-state index in [2.05, 4.69) is 37.2 Å². The highest BCUT2D eigenvalue weighted by Crippen LogP contribution is 2.49. The van der Waals surface area contributed by atoms with E-state index >= 15 is 24.0 Å². The van der Waals surface area contributed by atoms with Crippen LogP contribution in [0.1, 0.15) is 118 Å². The predicted molar refractivity (Wildman–Crippen MR) is 351 cm³/mol. The van der Waals surface area contributed by atoms with Crippen LogP contribution in [0.4, 0.5) is 4.79 Å². The maximum Gasteiger partial charge on any atom is 0.410 e. The number of phenolic OH excluding ortho intramolecular Hbond substituents is 3. The molecule has 14 atom stereocenters. The summed E-state index contributed by atoms with van der Waals surface area (Å²) in [6.07, 6.45) is -15.2. The van der Waals surface area contributed by atoms with Crippen molar-refractivity contribution in [2.45, 2.75) is 157 Å². The van der Waals surface area contributed by atoms with Crippen molar-refractivity contribution in [3.05, 3.63) is 117 Å². The van der Waals surface area contributed by atoms with E-state index in [1.54, 1.807) is 34.6 Å². The van der Waals surface area contributed by atoms with E-state index < -0.39 is 213 Å². The first-order valence-electron chi connectivity index (χ1n) is 31.8. The Morgan fingerprint density at radius 2 is 1.27 bits per heavy atom. The average Bonchev–Trinajstić information content (AvgIpc) is 1.57. The molecule has 9 amide bonds.